The van der Waals surface area contributed by atoms with Crippen LogP contribution >= 0.6 is 0 Å². The Morgan fingerprint density at radius 1 is 0.475 bits per heavy atom. The van der Waals surface area contributed by atoms with E-state index >= 15 is 0 Å². The van der Waals surface area contributed by atoms with Crippen LogP contribution in [-0.2, 0) is 10.8 Å². The molecule has 3 aliphatic carbocycles. The normalized spacial score (nSPS) is 16.2. The molecule has 0 radical (unpaired) electrons. The average Bonchev–Trinajstić information content (AvgIpc) is 3.85. The summed E-state index contributed by atoms with van der Waals surface area (Å²) in [5.74, 6) is 3.24. The van der Waals surface area contributed by atoms with Gasteiger partial charge in [0.05, 0.1) is 5.41 Å². The van der Waals surface area contributed by atoms with Crippen LogP contribution in [0.4, 0.5) is 17.1 Å². The standard InChI is InChI=1S/C60H45N/c1-6-17-46-48-21-12-15-24-54(48)60(52(46)7-2)55-25-16-13-22-49(55)51-33-28-43(37-57(51)60)41-26-30-44(31-27-41)61(58-35-29-42(36-39(58)3)40-18-9-8-10-19-40)45-32-34-50-47-20-11-14-23-53(47)59(4,5)56(50)38-45/h2,6,8-38H,1,3-5H3/b17-6-. The Morgan fingerprint density at radius 3 is 1.70 bits per heavy atom. The molecule has 1 atom stereocenters. The van der Waals surface area contributed by atoms with E-state index in [1.807, 2.05) is 0 Å². The Hall–Kier alpha value is -7.40. The van der Waals surface area contributed by atoms with Crippen molar-refractivity contribution >= 4 is 22.6 Å². The van der Waals surface area contributed by atoms with Crippen LogP contribution in [0.15, 0.2) is 200 Å². The molecule has 11 rings (SSSR count). The molecule has 1 nitrogen and oxygen atoms in total. The van der Waals surface area contributed by atoms with Gasteiger partial charge in [0, 0.05) is 28.1 Å². The molecule has 0 N–H and O–H groups in total. The molecule has 0 fully saturated rings. The van der Waals surface area contributed by atoms with E-state index in [4.69, 9.17) is 6.42 Å². The van der Waals surface area contributed by atoms with Crippen molar-refractivity contribution in [1.82, 2.24) is 0 Å². The van der Waals surface area contributed by atoms with Crippen molar-refractivity contribution in [3.8, 4) is 56.9 Å². The Bertz CT molecular complexity index is 3190. The van der Waals surface area contributed by atoms with Crippen LogP contribution in [-0.4, -0.2) is 0 Å². The van der Waals surface area contributed by atoms with Gasteiger partial charge in [0.25, 0.3) is 0 Å². The van der Waals surface area contributed by atoms with Gasteiger partial charge in [0.2, 0.25) is 0 Å². The SMILES string of the molecule is C#CC1=C(/C=C\C)c2ccccc2C12c1ccccc1-c1ccc(-c3ccc(N(c4ccc5c(c4)C(C)(C)c4ccccc4-5)c4ccc(-c5ccccc5)cc4C)cc3)cc12. The maximum absolute atomic E-state index is 6.56. The van der Waals surface area contributed by atoms with E-state index in [2.05, 4.69) is 233 Å². The van der Waals surface area contributed by atoms with Crippen molar-refractivity contribution < 1.29 is 0 Å². The maximum Gasteiger partial charge on any atom is 0.0804 e. The number of rotatable bonds is 6. The van der Waals surface area contributed by atoms with Crippen molar-refractivity contribution in [2.24, 2.45) is 0 Å². The third kappa shape index (κ3) is 5.29. The van der Waals surface area contributed by atoms with Gasteiger partial charge in [-0.05, 0) is 145 Å². The van der Waals surface area contributed by atoms with Crippen molar-refractivity contribution in [1.29, 1.82) is 0 Å². The topological polar surface area (TPSA) is 3.24 Å². The minimum absolute atomic E-state index is 0.115. The highest BCUT2D eigenvalue weighted by atomic mass is 15.1. The predicted octanol–water partition coefficient (Wildman–Crippen LogP) is 15.4. The van der Waals surface area contributed by atoms with Crippen LogP contribution in [0.25, 0.3) is 50.1 Å². The second-order valence-corrected chi connectivity index (χ2v) is 17.2. The first kappa shape index (κ1) is 36.7. The average molecular weight is 780 g/mol. The second-order valence-electron chi connectivity index (χ2n) is 17.2. The first-order valence-electron chi connectivity index (χ1n) is 21.3. The molecule has 1 spiro atoms. The fourth-order valence-corrected chi connectivity index (χ4v) is 10.8. The predicted molar refractivity (Wildman–Crippen MR) is 257 cm³/mol. The van der Waals surface area contributed by atoms with Crippen molar-refractivity contribution in [3.05, 3.63) is 239 Å². The minimum Gasteiger partial charge on any atom is -0.310 e. The third-order valence-electron chi connectivity index (χ3n) is 13.6. The molecule has 3 aliphatic rings. The second kappa shape index (κ2) is 13.8. The van der Waals surface area contributed by atoms with E-state index in [1.165, 1.54) is 72.3 Å². The molecule has 0 amide bonds. The largest absolute Gasteiger partial charge is 0.310 e. The molecule has 0 heterocycles. The zero-order valence-corrected chi connectivity index (χ0v) is 35.0. The Labute approximate surface area is 360 Å². The van der Waals surface area contributed by atoms with Crippen LogP contribution in [0.3, 0.4) is 0 Å². The number of hydrogen-bond donors (Lipinski definition) is 0. The quantitative estimate of drug-likeness (QED) is 0.152. The molecule has 1 heteroatoms. The number of nitrogens with zero attached hydrogens (tertiary/aromatic N) is 1. The fourth-order valence-electron chi connectivity index (χ4n) is 10.8. The zero-order chi connectivity index (χ0) is 41.5. The number of benzene rings is 8. The molecule has 8 aromatic carbocycles. The lowest BCUT2D eigenvalue weighted by Crippen LogP contribution is -2.27. The molecule has 290 valence electrons. The summed E-state index contributed by atoms with van der Waals surface area (Å²) in [4.78, 5) is 2.43. The fraction of sp³-hybridized carbons (Fsp3) is 0.100. The lowest BCUT2D eigenvalue weighted by Gasteiger charge is -2.31. The van der Waals surface area contributed by atoms with E-state index in [0.717, 1.165) is 39.3 Å². The van der Waals surface area contributed by atoms with Gasteiger partial charge in [-0.3, -0.25) is 0 Å². The number of terminal acetylenes is 1. The molecule has 0 aliphatic heterocycles. The molecule has 0 saturated carbocycles. The Balaban J connectivity index is 1.05. The highest BCUT2D eigenvalue weighted by Gasteiger charge is 2.52. The summed E-state index contributed by atoms with van der Waals surface area (Å²) in [7, 11) is 0. The first-order chi connectivity index (χ1) is 29.8. The van der Waals surface area contributed by atoms with Gasteiger partial charge in [-0.1, -0.05) is 171 Å². The van der Waals surface area contributed by atoms with E-state index in [1.54, 1.807) is 0 Å². The van der Waals surface area contributed by atoms with Crippen molar-refractivity contribution in [2.75, 3.05) is 4.90 Å². The summed E-state index contributed by atoms with van der Waals surface area (Å²) in [5.41, 5.74) is 23.6. The van der Waals surface area contributed by atoms with E-state index < -0.39 is 5.41 Å². The summed E-state index contributed by atoms with van der Waals surface area (Å²) in [5, 5.41) is 0. The van der Waals surface area contributed by atoms with Crippen LogP contribution < -0.4 is 4.90 Å². The Kier molecular flexibility index (Phi) is 8.32. The van der Waals surface area contributed by atoms with Gasteiger partial charge in [-0.2, -0.15) is 0 Å². The number of allylic oxidation sites excluding steroid dienone is 4. The number of fused-ring (bicyclic) bond motifs is 10. The van der Waals surface area contributed by atoms with Gasteiger partial charge in [0.15, 0.2) is 0 Å². The summed E-state index contributed by atoms with van der Waals surface area (Å²) < 4.78 is 0. The number of anilines is 3. The highest BCUT2D eigenvalue weighted by Crippen LogP contribution is 2.62. The number of hydrogen-bond acceptors (Lipinski definition) is 1. The summed E-state index contributed by atoms with van der Waals surface area (Å²) >= 11 is 0. The third-order valence-corrected chi connectivity index (χ3v) is 13.6. The van der Waals surface area contributed by atoms with Gasteiger partial charge in [-0.25, -0.2) is 0 Å². The van der Waals surface area contributed by atoms with Crippen LogP contribution in [0.2, 0.25) is 0 Å². The van der Waals surface area contributed by atoms with Gasteiger partial charge < -0.3 is 4.90 Å². The first-order valence-corrected chi connectivity index (χ1v) is 21.3. The van der Waals surface area contributed by atoms with Crippen molar-refractivity contribution in [3.63, 3.8) is 0 Å². The monoisotopic (exact) mass is 779 g/mol. The molecule has 61 heavy (non-hydrogen) atoms. The summed E-state index contributed by atoms with van der Waals surface area (Å²) in [6.45, 7) is 9.01. The van der Waals surface area contributed by atoms with Gasteiger partial charge >= 0.3 is 0 Å². The van der Waals surface area contributed by atoms with Gasteiger partial charge in [0.1, 0.15) is 0 Å². The van der Waals surface area contributed by atoms with Crippen LogP contribution in [0.1, 0.15) is 59.7 Å². The molecular formula is C60H45N. The molecule has 0 bridgehead atoms. The van der Waals surface area contributed by atoms with Crippen molar-refractivity contribution in [2.45, 2.75) is 38.5 Å². The summed E-state index contributed by atoms with van der Waals surface area (Å²) in [6.07, 6.45) is 10.9. The van der Waals surface area contributed by atoms with E-state index in [9.17, 15) is 0 Å². The minimum atomic E-state index is -0.566. The molecule has 0 saturated heterocycles. The smallest absolute Gasteiger partial charge is 0.0804 e. The number of aryl methyl sites for hydroxylation is 1. The molecular weight excluding hydrogens is 735 g/mol. The Morgan fingerprint density at radius 2 is 1.00 bits per heavy atom. The summed E-state index contributed by atoms with van der Waals surface area (Å²) in [6, 6.07) is 67.2. The lowest BCUT2D eigenvalue weighted by molar-refractivity contribution is 0.660. The van der Waals surface area contributed by atoms with E-state index in [-0.39, 0.29) is 5.41 Å². The molecule has 8 aromatic rings. The van der Waals surface area contributed by atoms with Crippen LogP contribution in [0.5, 0.6) is 0 Å². The highest BCUT2D eigenvalue weighted by molar-refractivity contribution is 5.99. The molecule has 0 aromatic heterocycles. The van der Waals surface area contributed by atoms with E-state index in [0.29, 0.717) is 0 Å². The zero-order valence-electron chi connectivity index (χ0n) is 35.0. The maximum atomic E-state index is 6.56. The van der Waals surface area contributed by atoms with Crippen LogP contribution in [0, 0.1) is 19.3 Å². The van der Waals surface area contributed by atoms with Gasteiger partial charge in [-0.15, -0.1) is 6.42 Å². The molecule has 1 unspecified atom stereocenters. The lowest BCUT2D eigenvalue weighted by atomic mass is 9.69.